The van der Waals surface area contributed by atoms with Gasteiger partial charge < -0.3 is 19.5 Å². The summed E-state index contributed by atoms with van der Waals surface area (Å²) in [6.07, 6.45) is 1.66. The third kappa shape index (κ3) is 4.70. The molecule has 0 bridgehead atoms. The van der Waals surface area contributed by atoms with E-state index in [1.54, 1.807) is 48.1 Å². The van der Waals surface area contributed by atoms with Gasteiger partial charge in [-0.2, -0.15) is 0 Å². The molecule has 7 nitrogen and oxygen atoms in total. The summed E-state index contributed by atoms with van der Waals surface area (Å²) in [5.41, 5.74) is 2.05. The van der Waals surface area contributed by atoms with E-state index in [4.69, 9.17) is 21.1 Å². The summed E-state index contributed by atoms with van der Waals surface area (Å²) in [5.74, 6) is -0.434. The van der Waals surface area contributed by atoms with Crippen molar-refractivity contribution in [2.24, 2.45) is 0 Å². The van der Waals surface area contributed by atoms with Crippen LogP contribution in [0, 0.1) is 0 Å². The van der Waals surface area contributed by atoms with Crippen LogP contribution in [0.5, 0.6) is 5.75 Å². The zero-order chi connectivity index (χ0) is 23.5. The van der Waals surface area contributed by atoms with Gasteiger partial charge in [-0.05, 0) is 43.5 Å². The van der Waals surface area contributed by atoms with Crippen molar-refractivity contribution in [1.82, 2.24) is 9.80 Å². The van der Waals surface area contributed by atoms with Crippen molar-refractivity contribution in [3.8, 4) is 5.75 Å². The molecule has 2 unspecified atom stereocenters. The highest BCUT2D eigenvalue weighted by Gasteiger charge is 2.42. The van der Waals surface area contributed by atoms with Gasteiger partial charge in [0.2, 0.25) is 0 Å². The predicted octanol–water partition coefficient (Wildman–Crippen LogP) is 4.87. The van der Waals surface area contributed by atoms with E-state index in [2.05, 4.69) is 0 Å². The quantitative estimate of drug-likeness (QED) is 0.624. The lowest BCUT2D eigenvalue weighted by molar-refractivity contribution is -0.133. The van der Waals surface area contributed by atoms with Crippen molar-refractivity contribution in [3.63, 3.8) is 0 Å². The minimum Gasteiger partial charge on any atom is -0.496 e. The van der Waals surface area contributed by atoms with Crippen LogP contribution in [0.1, 0.15) is 36.9 Å². The Morgan fingerprint density at radius 1 is 1.21 bits per heavy atom. The maximum atomic E-state index is 13.8. The maximum Gasteiger partial charge on any atom is 0.335 e. The number of carboxylic acids is 1. The van der Waals surface area contributed by atoms with Gasteiger partial charge in [-0.1, -0.05) is 41.9 Å². The Morgan fingerprint density at radius 3 is 2.58 bits per heavy atom. The van der Waals surface area contributed by atoms with Gasteiger partial charge in [0.1, 0.15) is 5.75 Å². The van der Waals surface area contributed by atoms with E-state index in [-0.39, 0.29) is 24.3 Å². The number of rotatable bonds is 7. The number of urea groups is 1. The summed E-state index contributed by atoms with van der Waals surface area (Å²) in [6, 6.07) is 13.3. The molecule has 2 atom stereocenters. The number of ether oxygens (including phenoxy) is 2. The average Bonchev–Trinajstić information content (AvgIpc) is 3.32. The van der Waals surface area contributed by atoms with Crippen molar-refractivity contribution in [1.29, 1.82) is 0 Å². The van der Waals surface area contributed by atoms with E-state index < -0.39 is 12.0 Å². The number of aliphatic carboxylic acids is 1. The normalized spacial score (nSPS) is 21.0. The number of nitrogens with zero attached hydrogens (tertiary/aromatic N) is 2. The first-order chi connectivity index (χ1) is 15.9. The van der Waals surface area contributed by atoms with E-state index in [0.29, 0.717) is 35.2 Å². The summed E-state index contributed by atoms with van der Waals surface area (Å²) < 4.78 is 11.2. The highest BCUT2D eigenvalue weighted by atomic mass is 35.5. The molecule has 2 aromatic rings. The Balaban J connectivity index is 1.82. The SMILES string of the molecule is COc1ccccc1CN1C(=O)N(CC2CCCO2)C(C)=C(C(=O)O)C1c1ccc(Cl)cc1. The molecule has 0 aromatic heterocycles. The molecule has 174 valence electrons. The van der Waals surface area contributed by atoms with Crippen LogP contribution in [0.25, 0.3) is 0 Å². The van der Waals surface area contributed by atoms with E-state index in [9.17, 15) is 14.7 Å². The van der Waals surface area contributed by atoms with Crippen LogP contribution in [0.4, 0.5) is 4.79 Å². The number of carbonyl (C=O) groups excluding carboxylic acids is 1. The zero-order valence-corrected chi connectivity index (χ0v) is 19.4. The Morgan fingerprint density at radius 2 is 1.94 bits per heavy atom. The molecule has 1 saturated heterocycles. The molecule has 33 heavy (non-hydrogen) atoms. The summed E-state index contributed by atoms with van der Waals surface area (Å²) >= 11 is 6.08. The van der Waals surface area contributed by atoms with Gasteiger partial charge in [0, 0.05) is 22.9 Å². The highest BCUT2D eigenvalue weighted by molar-refractivity contribution is 6.30. The highest BCUT2D eigenvalue weighted by Crippen LogP contribution is 2.40. The molecule has 0 aliphatic carbocycles. The maximum absolute atomic E-state index is 13.8. The second-order valence-electron chi connectivity index (χ2n) is 8.23. The number of carboxylic acid groups (broad SMARTS) is 1. The Labute approximate surface area is 198 Å². The van der Waals surface area contributed by atoms with Crippen molar-refractivity contribution in [3.05, 3.63) is 76.0 Å². The van der Waals surface area contributed by atoms with Crippen LogP contribution >= 0.6 is 11.6 Å². The number of hydrogen-bond acceptors (Lipinski definition) is 4. The average molecular weight is 471 g/mol. The Kier molecular flexibility index (Phi) is 6.91. The van der Waals surface area contributed by atoms with Crippen molar-refractivity contribution in [2.75, 3.05) is 20.3 Å². The number of halogens is 1. The molecule has 1 N–H and O–H groups in total. The van der Waals surface area contributed by atoms with Crippen molar-refractivity contribution >= 4 is 23.6 Å². The molecule has 1 fully saturated rings. The molecule has 2 aliphatic heterocycles. The molecule has 2 heterocycles. The van der Waals surface area contributed by atoms with Gasteiger partial charge in [0.05, 0.1) is 37.9 Å². The monoisotopic (exact) mass is 470 g/mol. The molecule has 0 spiro atoms. The van der Waals surface area contributed by atoms with Crippen LogP contribution < -0.4 is 4.74 Å². The molecular weight excluding hydrogens is 444 g/mol. The van der Waals surface area contributed by atoms with Crippen LogP contribution in [0.15, 0.2) is 59.8 Å². The number of benzene rings is 2. The van der Waals surface area contributed by atoms with Crippen LogP contribution in [-0.4, -0.2) is 53.3 Å². The van der Waals surface area contributed by atoms with Gasteiger partial charge in [0.15, 0.2) is 0 Å². The molecular formula is C25H27ClN2O5. The molecule has 4 rings (SSSR count). The summed E-state index contributed by atoms with van der Waals surface area (Å²) in [5, 5.41) is 10.8. The Hall–Kier alpha value is -3.03. The fraction of sp³-hybridized carbons (Fsp3) is 0.360. The van der Waals surface area contributed by atoms with Crippen LogP contribution in [-0.2, 0) is 16.1 Å². The van der Waals surface area contributed by atoms with Gasteiger partial charge in [-0.15, -0.1) is 0 Å². The minimum atomic E-state index is -1.07. The lowest BCUT2D eigenvalue weighted by atomic mass is 9.92. The largest absolute Gasteiger partial charge is 0.496 e. The number of methoxy groups -OCH3 is 1. The summed E-state index contributed by atoms with van der Waals surface area (Å²) in [6.45, 7) is 2.85. The molecule has 0 saturated carbocycles. The standard InChI is InChI=1S/C25H27ClN2O5/c1-16-22(24(29)30)23(17-9-11-19(26)12-10-17)28(14-18-6-3-4-8-21(18)32-2)25(31)27(16)15-20-7-5-13-33-20/h3-4,6,8-12,20,23H,5,7,13-15H2,1-2H3,(H,29,30). The first kappa shape index (κ1) is 23.1. The minimum absolute atomic E-state index is 0.112. The van der Waals surface area contributed by atoms with Crippen LogP contribution in [0.2, 0.25) is 5.02 Å². The Bertz CT molecular complexity index is 1060. The fourth-order valence-electron chi connectivity index (χ4n) is 4.55. The van der Waals surface area contributed by atoms with Crippen LogP contribution in [0.3, 0.4) is 0 Å². The van der Waals surface area contributed by atoms with E-state index in [0.717, 1.165) is 18.4 Å². The van der Waals surface area contributed by atoms with Crippen molar-refractivity contribution < 1.29 is 24.2 Å². The number of carbonyl (C=O) groups is 2. The van der Waals surface area contributed by atoms with Gasteiger partial charge in [-0.25, -0.2) is 9.59 Å². The number of allylic oxidation sites excluding steroid dienone is 1. The molecule has 2 aliphatic rings. The third-order valence-electron chi connectivity index (χ3n) is 6.22. The van der Waals surface area contributed by atoms with E-state index >= 15 is 0 Å². The van der Waals surface area contributed by atoms with Gasteiger partial charge in [-0.3, -0.25) is 4.90 Å². The predicted molar refractivity (Wildman–Crippen MR) is 124 cm³/mol. The number of amides is 2. The topological polar surface area (TPSA) is 79.3 Å². The number of para-hydroxylation sites is 1. The first-order valence-electron chi connectivity index (χ1n) is 10.9. The van der Waals surface area contributed by atoms with Gasteiger partial charge in [0.25, 0.3) is 0 Å². The first-order valence-corrected chi connectivity index (χ1v) is 11.3. The lowest BCUT2D eigenvalue weighted by Gasteiger charge is -2.43. The number of hydrogen-bond donors (Lipinski definition) is 1. The summed E-state index contributed by atoms with van der Waals surface area (Å²) in [7, 11) is 1.57. The molecule has 0 radical (unpaired) electrons. The molecule has 2 aromatic carbocycles. The van der Waals surface area contributed by atoms with E-state index in [1.165, 1.54) is 0 Å². The van der Waals surface area contributed by atoms with E-state index in [1.807, 2.05) is 24.3 Å². The molecule has 8 heteroatoms. The van der Waals surface area contributed by atoms with Gasteiger partial charge >= 0.3 is 12.0 Å². The summed E-state index contributed by atoms with van der Waals surface area (Å²) in [4.78, 5) is 29.5. The van der Waals surface area contributed by atoms with Crippen molar-refractivity contribution in [2.45, 2.75) is 38.5 Å². The molecule has 2 amide bonds. The second kappa shape index (κ2) is 9.85. The smallest absolute Gasteiger partial charge is 0.335 e. The fourth-order valence-corrected chi connectivity index (χ4v) is 4.68. The second-order valence-corrected chi connectivity index (χ2v) is 8.66. The lowest BCUT2D eigenvalue weighted by Crippen LogP contribution is -2.51. The zero-order valence-electron chi connectivity index (χ0n) is 18.7. The third-order valence-corrected chi connectivity index (χ3v) is 6.47.